The average Bonchev–Trinajstić information content (AvgIpc) is 3.43. The molecule has 0 radical (unpaired) electrons. The summed E-state index contributed by atoms with van der Waals surface area (Å²) in [6.45, 7) is 0.290. The van der Waals surface area contributed by atoms with Crippen LogP contribution in [-0.2, 0) is 28.6 Å². The van der Waals surface area contributed by atoms with Gasteiger partial charge in [-0.15, -0.1) is 23.1 Å². The Morgan fingerprint density at radius 3 is 2.76 bits per heavy atom. The molecule has 1 unspecified atom stereocenters. The third-order valence-corrected chi connectivity index (χ3v) is 9.35. The zero-order chi connectivity index (χ0) is 26.1. The highest BCUT2D eigenvalue weighted by Gasteiger charge is 2.38. The summed E-state index contributed by atoms with van der Waals surface area (Å²) in [6.07, 6.45) is 5.29. The molecule has 3 heterocycles. The molecule has 11 heteroatoms. The van der Waals surface area contributed by atoms with Crippen molar-refractivity contribution >= 4 is 46.7 Å². The van der Waals surface area contributed by atoms with E-state index in [4.69, 9.17) is 14.3 Å². The molecular formula is C26H33N3O6S2. The highest BCUT2D eigenvalue weighted by molar-refractivity contribution is 8.00. The number of carbonyl (C=O) groups excluding carboxylic acids is 3. The average molecular weight is 548 g/mol. The number of alkyl carbamates (subject to hydrolysis) is 1. The predicted octanol–water partition coefficient (Wildman–Crippen LogP) is 4.79. The highest BCUT2D eigenvalue weighted by atomic mass is 32.2. The van der Waals surface area contributed by atoms with Crippen LogP contribution < -0.4 is 16.1 Å². The van der Waals surface area contributed by atoms with Gasteiger partial charge in [0.05, 0.1) is 4.75 Å². The molecule has 0 saturated carbocycles. The second-order valence-electron chi connectivity index (χ2n) is 9.03. The Kier molecular flexibility index (Phi) is 9.84. The van der Waals surface area contributed by atoms with Crippen molar-refractivity contribution in [1.29, 1.82) is 0 Å². The smallest absolute Gasteiger partial charge is 0.407 e. The lowest BCUT2D eigenvalue weighted by Gasteiger charge is -2.35. The SMILES string of the molecule is CNC(=O)OCC(=O)Nc1cccc(-c2ccc([C@@]3(CC(=O)NOC4CCCCO4)CCCCS3)s2)c1. The first-order valence-electron chi connectivity index (χ1n) is 12.5. The van der Waals surface area contributed by atoms with Crippen molar-refractivity contribution < 1.29 is 28.7 Å². The van der Waals surface area contributed by atoms with Crippen LogP contribution in [0.2, 0.25) is 0 Å². The molecule has 1 aromatic carbocycles. The van der Waals surface area contributed by atoms with Gasteiger partial charge in [0, 0.05) is 41.9 Å². The van der Waals surface area contributed by atoms with Crippen LogP contribution in [-0.4, -0.2) is 50.2 Å². The van der Waals surface area contributed by atoms with E-state index < -0.39 is 12.0 Å². The Labute approximate surface area is 225 Å². The van der Waals surface area contributed by atoms with Crippen LogP contribution in [0.25, 0.3) is 10.4 Å². The Balaban J connectivity index is 1.42. The van der Waals surface area contributed by atoms with E-state index in [0.717, 1.165) is 59.6 Å². The van der Waals surface area contributed by atoms with Gasteiger partial charge in [-0.05, 0) is 61.3 Å². The van der Waals surface area contributed by atoms with Gasteiger partial charge in [-0.3, -0.25) is 9.59 Å². The van der Waals surface area contributed by atoms with Gasteiger partial charge in [0.15, 0.2) is 12.9 Å². The van der Waals surface area contributed by atoms with Gasteiger partial charge in [-0.1, -0.05) is 18.6 Å². The first kappa shape index (κ1) is 27.4. The van der Waals surface area contributed by atoms with Crippen LogP contribution >= 0.6 is 23.1 Å². The molecule has 0 spiro atoms. The number of hydrogen-bond acceptors (Lipinski definition) is 8. The molecular weight excluding hydrogens is 514 g/mol. The molecule has 0 bridgehead atoms. The third kappa shape index (κ3) is 7.70. The largest absolute Gasteiger partial charge is 0.439 e. The second kappa shape index (κ2) is 13.3. The topological polar surface area (TPSA) is 115 Å². The van der Waals surface area contributed by atoms with Gasteiger partial charge >= 0.3 is 6.09 Å². The lowest BCUT2D eigenvalue weighted by atomic mass is 9.94. The van der Waals surface area contributed by atoms with Crippen molar-refractivity contribution in [2.24, 2.45) is 0 Å². The number of amides is 3. The van der Waals surface area contributed by atoms with Crippen molar-refractivity contribution in [3.05, 3.63) is 41.3 Å². The third-order valence-electron chi connectivity index (χ3n) is 6.27. The van der Waals surface area contributed by atoms with Gasteiger partial charge in [-0.2, -0.15) is 0 Å². The van der Waals surface area contributed by atoms with E-state index in [1.165, 1.54) is 7.05 Å². The molecule has 2 fully saturated rings. The Morgan fingerprint density at radius 2 is 2.00 bits per heavy atom. The molecule has 2 saturated heterocycles. The summed E-state index contributed by atoms with van der Waals surface area (Å²) in [6, 6.07) is 11.7. The van der Waals surface area contributed by atoms with Crippen molar-refractivity contribution in [2.45, 2.75) is 56.0 Å². The monoisotopic (exact) mass is 547 g/mol. The zero-order valence-corrected chi connectivity index (χ0v) is 22.5. The van der Waals surface area contributed by atoms with E-state index in [2.05, 4.69) is 28.2 Å². The number of thiophene rings is 1. The van der Waals surface area contributed by atoms with E-state index in [1.807, 2.05) is 30.0 Å². The van der Waals surface area contributed by atoms with Crippen molar-refractivity contribution in [3.8, 4) is 10.4 Å². The maximum atomic E-state index is 12.9. The van der Waals surface area contributed by atoms with Crippen molar-refractivity contribution in [1.82, 2.24) is 10.8 Å². The Bertz CT molecular complexity index is 1080. The van der Waals surface area contributed by atoms with E-state index in [0.29, 0.717) is 18.7 Å². The standard InChI is InChI=1S/C26H33N3O6S2/c1-27-25(32)34-17-23(31)28-19-8-6-7-18(15-19)20-10-11-21(37-20)26(12-3-5-14-36-26)16-22(30)29-35-24-9-2-4-13-33-24/h6-8,10-11,15,24H,2-5,9,12-14,16-17H2,1H3,(H,27,32)(H,28,31)(H,29,30)/t24?,26-/m0/s1. The minimum Gasteiger partial charge on any atom is -0.439 e. The van der Waals surface area contributed by atoms with Crippen molar-refractivity contribution in [2.75, 3.05) is 31.3 Å². The lowest BCUT2D eigenvalue weighted by molar-refractivity contribution is -0.200. The van der Waals surface area contributed by atoms with Crippen LogP contribution in [0.5, 0.6) is 0 Å². The lowest BCUT2D eigenvalue weighted by Crippen LogP contribution is -2.37. The summed E-state index contributed by atoms with van der Waals surface area (Å²) in [5.41, 5.74) is 4.20. The van der Waals surface area contributed by atoms with Crippen LogP contribution in [0.4, 0.5) is 10.5 Å². The molecule has 2 aromatic rings. The minimum absolute atomic E-state index is 0.137. The number of carbonyl (C=O) groups is 3. The number of anilines is 1. The van der Waals surface area contributed by atoms with Crippen LogP contribution in [0.1, 0.15) is 49.8 Å². The molecule has 200 valence electrons. The number of thioether (sulfide) groups is 1. The summed E-state index contributed by atoms with van der Waals surface area (Å²) in [7, 11) is 1.43. The predicted molar refractivity (Wildman–Crippen MR) is 144 cm³/mol. The quantitative estimate of drug-likeness (QED) is 0.387. The molecule has 3 amide bonds. The minimum atomic E-state index is -0.660. The van der Waals surface area contributed by atoms with E-state index >= 15 is 0 Å². The molecule has 0 aliphatic carbocycles. The zero-order valence-electron chi connectivity index (χ0n) is 20.9. The fourth-order valence-electron chi connectivity index (χ4n) is 4.39. The molecule has 2 aliphatic rings. The van der Waals surface area contributed by atoms with Gasteiger partial charge < -0.3 is 20.1 Å². The molecule has 2 aliphatic heterocycles. The molecule has 2 atom stereocenters. The van der Waals surface area contributed by atoms with Gasteiger partial charge in [0.1, 0.15) is 0 Å². The summed E-state index contributed by atoms with van der Waals surface area (Å²) in [4.78, 5) is 43.9. The van der Waals surface area contributed by atoms with E-state index in [1.54, 1.807) is 17.4 Å². The summed E-state index contributed by atoms with van der Waals surface area (Å²) >= 11 is 3.51. The molecule has 1 aromatic heterocycles. The number of nitrogens with one attached hydrogen (secondary N) is 3. The molecule has 9 nitrogen and oxygen atoms in total. The van der Waals surface area contributed by atoms with Crippen molar-refractivity contribution in [3.63, 3.8) is 0 Å². The highest BCUT2D eigenvalue weighted by Crippen LogP contribution is 2.51. The molecule has 4 rings (SSSR count). The number of hydrogen-bond donors (Lipinski definition) is 3. The Hall–Kier alpha value is -2.60. The normalized spacial score (nSPS) is 21.6. The number of benzene rings is 1. The molecule has 3 N–H and O–H groups in total. The summed E-state index contributed by atoms with van der Waals surface area (Å²) in [5.74, 6) is 0.450. The number of ether oxygens (including phenoxy) is 2. The van der Waals surface area contributed by atoms with Crippen LogP contribution in [0.15, 0.2) is 36.4 Å². The maximum absolute atomic E-state index is 12.9. The van der Waals surface area contributed by atoms with E-state index in [-0.39, 0.29) is 23.6 Å². The summed E-state index contributed by atoms with van der Waals surface area (Å²) < 4.78 is 10.0. The van der Waals surface area contributed by atoms with E-state index in [9.17, 15) is 14.4 Å². The fraction of sp³-hybridized carbons (Fsp3) is 0.500. The van der Waals surface area contributed by atoms with Crippen LogP contribution in [0, 0.1) is 0 Å². The first-order valence-corrected chi connectivity index (χ1v) is 14.3. The Morgan fingerprint density at radius 1 is 1.11 bits per heavy atom. The van der Waals surface area contributed by atoms with Gasteiger partial charge in [0.25, 0.3) is 5.91 Å². The molecule has 37 heavy (non-hydrogen) atoms. The first-order chi connectivity index (χ1) is 18.0. The second-order valence-corrected chi connectivity index (χ2v) is 11.6. The van der Waals surface area contributed by atoms with Gasteiger partial charge in [-0.25, -0.2) is 15.1 Å². The van der Waals surface area contributed by atoms with Crippen LogP contribution in [0.3, 0.4) is 0 Å². The number of hydroxylamine groups is 1. The van der Waals surface area contributed by atoms with Gasteiger partial charge in [0.2, 0.25) is 5.91 Å². The fourth-order valence-corrected chi connectivity index (χ4v) is 7.28. The number of rotatable bonds is 9. The summed E-state index contributed by atoms with van der Waals surface area (Å²) in [5, 5.41) is 5.06. The maximum Gasteiger partial charge on any atom is 0.407 e.